The number of nitrogens with one attached hydrogen (secondary N) is 1. The van der Waals surface area contributed by atoms with Gasteiger partial charge in [0, 0.05) is 23.5 Å². The number of hydrogen-bond donors (Lipinski definition) is 2. The van der Waals surface area contributed by atoms with Crippen LogP contribution in [0.2, 0.25) is 0 Å². The SMILES string of the molecule is CC(=O)NC(CS(=O)CCOCC(F)(F)F)C(=O)O. The summed E-state index contributed by atoms with van der Waals surface area (Å²) >= 11 is 0. The van der Waals surface area contributed by atoms with Crippen LogP contribution < -0.4 is 5.32 Å². The maximum absolute atomic E-state index is 11.7. The van der Waals surface area contributed by atoms with Gasteiger partial charge in [-0.25, -0.2) is 4.79 Å². The first kappa shape index (κ1) is 17.8. The van der Waals surface area contributed by atoms with Crippen LogP contribution in [0, 0.1) is 0 Å². The fraction of sp³-hybridized carbons (Fsp3) is 0.778. The van der Waals surface area contributed by atoms with Gasteiger partial charge in [-0.15, -0.1) is 0 Å². The Bertz CT molecular complexity index is 347. The third kappa shape index (κ3) is 10.4. The minimum Gasteiger partial charge on any atom is -0.480 e. The molecule has 6 nitrogen and oxygen atoms in total. The van der Waals surface area contributed by atoms with E-state index in [1.54, 1.807) is 0 Å². The lowest BCUT2D eigenvalue weighted by atomic mass is 10.3. The highest BCUT2D eigenvalue weighted by molar-refractivity contribution is 7.85. The van der Waals surface area contributed by atoms with E-state index in [9.17, 15) is 27.0 Å². The van der Waals surface area contributed by atoms with Crippen LogP contribution in [0.3, 0.4) is 0 Å². The molecule has 0 aromatic rings. The van der Waals surface area contributed by atoms with Crippen molar-refractivity contribution in [3.05, 3.63) is 0 Å². The normalized spacial score (nSPS) is 14.7. The number of carboxylic acids is 1. The van der Waals surface area contributed by atoms with Crippen LogP contribution in [-0.4, -0.2) is 58.1 Å². The molecule has 1 amide bonds. The fourth-order valence-corrected chi connectivity index (χ4v) is 2.10. The highest BCUT2D eigenvalue weighted by atomic mass is 32.2. The smallest absolute Gasteiger partial charge is 0.411 e. The van der Waals surface area contributed by atoms with Gasteiger partial charge in [0.05, 0.1) is 12.4 Å². The van der Waals surface area contributed by atoms with Gasteiger partial charge in [0.1, 0.15) is 12.6 Å². The molecule has 0 aliphatic heterocycles. The Morgan fingerprint density at radius 2 is 2.00 bits per heavy atom. The third-order valence-electron chi connectivity index (χ3n) is 1.75. The molecule has 10 heteroatoms. The van der Waals surface area contributed by atoms with Gasteiger partial charge in [0.25, 0.3) is 0 Å². The topological polar surface area (TPSA) is 92.7 Å². The zero-order valence-corrected chi connectivity index (χ0v) is 10.8. The number of amides is 1. The number of hydrogen-bond acceptors (Lipinski definition) is 4. The van der Waals surface area contributed by atoms with Crippen LogP contribution in [0.1, 0.15) is 6.92 Å². The Hall–Kier alpha value is -1.16. The summed E-state index contributed by atoms with van der Waals surface area (Å²) in [5.41, 5.74) is 0. The molecule has 0 aliphatic carbocycles. The highest BCUT2D eigenvalue weighted by Crippen LogP contribution is 2.14. The van der Waals surface area contributed by atoms with Crippen LogP contribution in [0.15, 0.2) is 0 Å². The van der Waals surface area contributed by atoms with Crippen molar-refractivity contribution in [3.63, 3.8) is 0 Å². The van der Waals surface area contributed by atoms with Gasteiger partial charge in [-0.05, 0) is 0 Å². The molecule has 0 spiro atoms. The van der Waals surface area contributed by atoms with Crippen molar-refractivity contribution in [2.24, 2.45) is 0 Å². The predicted octanol–water partition coefficient (Wildman–Crippen LogP) is -0.0967. The summed E-state index contributed by atoms with van der Waals surface area (Å²) in [6.45, 7) is -0.748. The molecule has 0 saturated heterocycles. The van der Waals surface area contributed by atoms with Crippen LogP contribution in [0.25, 0.3) is 0 Å². The van der Waals surface area contributed by atoms with Crippen molar-refractivity contribution in [2.45, 2.75) is 19.1 Å². The number of carbonyl (C=O) groups is 2. The number of aliphatic carboxylic acids is 1. The second kappa shape index (κ2) is 8.10. The molecular formula is C9H14F3NO5S. The lowest BCUT2D eigenvalue weighted by molar-refractivity contribution is -0.172. The first-order chi connectivity index (χ1) is 8.61. The molecule has 0 fully saturated rings. The summed E-state index contributed by atoms with van der Waals surface area (Å²) in [4.78, 5) is 21.4. The van der Waals surface area contributed by atoms with Gasteiger partial charge < -0.3 is 15.2 Å². The number of carbonyl (C=O) groups excluding carboxylic acids is 1. The van der Waals surface area contributed by atoms with E-state index in [-0.39, 0.29) is 11.5 Å². The third-order valence-corrected chi connectivity index (χ3v) is 3.08. The number of rotatable bonds is 8. The van der Waals surface area contributed by atoms with Gasteiger partial charge in [0.2, 0.25) is 5.91 Å². The Morgan fingerprint density at radius 1 is 1.42 bits per heavy atom. The Morgan fingerprint density at radius 3 is 2.42 bits per heavy atom. The monoisotopic (exact) mass is 305 g/mol. The van der Waals surface area contributed by atoms with Crippen LogP contribution in [-0.2, 0) is 25.1 Å². The Balaban J connectivity index is 4.00. The molecule has 0 aliphatic rings. The van der Waals surface area contributed by atoms with Crippen molar-refractivity contribution >= 4 is 22.7 Å². The molecule has 2 unspecified atom stereocenters. The van der Waals surface area contributed by atoms with Crippen molar-refractivity contribution in [2.75, 3.05) is 24.7 Å². The fourth-order valence-electron chi connectivity index (χ4n) is 1.03. The standard InChI is InChI=1S/C9H14F3NO5S/c1-6(14)13-7(8(15)16)4-19(17)3-2-18-5-9(10,11)12/h7H,2-5H2,1H3,(H,13,14)(H,15,16). The van der Waals surface area contributed by atoms with Crippen molar-refractivity contribution in [3.8, 4) is 0 Å². The summed E-state index contributed by atoms with van der Waals surface area (Å²) in [6.07, 6.45) is -4.46. The van der Waals surface area contributed by atoms with Gasteiger partial charge in [-0.3, -0.25) is 9.00 Å². The molecule has 0 bridgehead atoms. The quantitative estimate of drug-likeness (QED) is 0.611. The summed E-state index contributed by atoms with van der Waals surface area (Å²) < 4.78 is 50.8. The van der Waals surface area contributed by atoms with Gasteiger partial charge in [0.15, 0.2) is 0 Å². The number of ether oxygens (including phenoxy) is 1. The molecule has 0 aromatic heterocycles. The van der Waals surface area contributed by atoms with E-state index >= 15 is 0 Å². The van der Waals surface area contributed by atoms with E-state index in [2.05, 4.69) is 10.1 Å². The van der Waals surface area contributed by atoms with Crippen LogP contribution in [0.5, 0.6) is 0 Å². The van der Waals surface area contributed by atoms with Gasteiger partial charge >= 0.3 is 12.1 Å². The van der Waals surface area contributed by atoms with Crippen LogP contribution in [0.4, 0.5) is 13.2 Å². The minimum absolute atomic E-state index is 0.237. The number of carboxylic acid groups (broad SMARTS) is 1. The zero-order valence-electron chi connectivity index (χ0n) is 10.0. The molecule has 2 atom stereocenters. The largest absolute Gasteiger partial charge is 0.480 e. The summed E-state index contributed by atoms with van der Waals surface area (Å²) in [5.74, 6) is -2.58. The molecular weight excluding hydrogens is 291 g/mol. The summed E-state index contributed by atoms with van der Waals surface area (Å²) in [7, 11) is -1.70. The molecule has 0 saturated carbocycles. The van der Waals surface area contributed by atoms with Gasteiger partial charge in [-0.2, -0.15) is 13.2 Å². The average Bonchev–Trinajstić information content (AvgIpc) is 2.21. The molecule has 0 heterocycles. The van der Waals surface area contributed by atoms with E-state index in [1.165, 1.54) is 0 Å². The number of halogens is 3. The predicted molar refractivity (Wildman–Crippen MR) is 60.0 cm³/mol. The average molecular weight is 305 g/mol. The summed E-state index contributed by atoms with van der Waals surface area (Å²) in [6, 6.07) is -1.33. The molecule has 2 N–H and O–H groups in total. The summed E-state index contributed by atoms with van der Waals surface area (Å²) in [5, 5.41) is 10.8. The van der Waals surface area contributed by atoms with E-state index in [0.717, 1.165) is 6.92 Å². The maximum Gasteiger partial charge on any atom is 0.411 e. The minimum atomic E-state index is -4.46. The zero-order chi connectivity index (χ0) is 15.1. The molecule has 112 valence electrons. The van der Waals surface area contributed by atoms with E-state index in [0.29, 0.717) is 0 Å². The second-order valence-electron chi connectivity index (χ2n) is 3.57. The molecule has 0 radical (unpaired) electrons. The van der Waals surface area contributed by atoms with E-state index in [4.69, 9.17) is 5.11 Å². The van der Waals surface area contributed by atoms with Crippen molar-refractivity contribution < 1.29 is 36.8 Å². The molecule has 0 rings (SSSR count). The highest BCUT2D eigenvalue weighted by Gasteiger charge is 2.27. The van der Waals surface area contributed by atoms with E-state index in [1.807, 2.05) is 0 Å². The van der Waals surface area contributed by atoms with Crippen molar-refractivity contribution in [1.29, 1.82) is 0 Å². The number of alkyl halides is 3. The van der Waals surface area contributed by atoms with Gasteiger partial charge in [-0.1, -0.05) is 0 Å². The lowest BCUT2D eigenvalue weighted by Crippen LogP contribution is -2.43. The second-order valence-corrected chi connectivity index (χ2v) is 5.19. The Kier molecular flexibility index (Phi) is 7.61. The maximum atomic E-state index is 11.7. The molecule has 19 heavy (non-hydrogen) atoms. The first-order valence-corrected chi connectivity index (χ1v) is 6.60. The molecule has 0 aromatic carbocycles. The van der Waals surface area contributed by atoms with Crippen LogP contribution >= 0.6 is 0 Å². The van der Waals surface area contributed by atoms with Crippen molar-refractivity contribution in [1.82, 2.24) is 5.32 Å². The Labute approximate surface area is 109 Å². The lowest BCUT2D eigenvalue weighted by Gasteiger charge is -2.13. The first-order valence-electron chi connectivity index (χ1n) is 5.11. The van der Waals surface area contributed by atoms with E-state index < -0.39 is 48.1 Å².